The molecule has 0 aliphatic rings. The average molecular weight is 456 g/mol. The zero-order valence-electron chi connectivity index (χ0n) is 17.2. The van der Waals surface area contributed by atoms with Gasteiger partial charge in [-0.15, -0.1) is 0 Å². The second kappa shape index (κ2) is 9.45. The first kappa shape index (κ1) is 23.6. The summed E-state index contributed by atoms with van der Waals surface area (Å²) in [5, 5.41) is 2.65. The van der Waals surface area contributed by atoms with Crippen molar-refractivity contribution in [1.82, 2.24) is 4.31 Å². The van der Waals surface area contributed by atoms with Crippen LogP contribution in [0.3, 0.4) is 0 Å². The summed E-state index contributed by atoms with van der Waals surface area (Å²) in [6.45, 7) is -0.00734. The molecule has 0 radical (unpaired) electrons. The number of anilines is 2. The van der Waals surface area contributed by atoms with Gasteiger partial charge in [-0.3, -0.25) is 9.10 Å². The fourth-order valence-electron chi connectivity index (χ4n) is 2.38. The van der Waals surface area contributed by atoms with Crippen LogP contribution < -0.4 is 14.4 Å². The predicted molar refractivity (Wildman–Crippen MR) is 117 cm³/mol. The molecule has 1 amide bonds. The van der Waals surface area contributed by atoms with Gasteiger partial charge in [0.1, 0.15) is 5.75 Å². The summed E-state index contributed by atoms with van der Waals surface area (Å²) in [4.78, 5) is 12.1. The first-order valence-electron chi connectivity index (χ1n) is 8.83. The molecular weight excluding hydrogens is 430 g/mol. The topological polar surface area (TPSA) is 113 Å². The number of hydrogen-bond donors (Lipinski definition) is 1. The number of benzene rings is 2. The number of carbonyl (C=O) groups is 1. The number of sulfonamides is 2. The molecule has 0 aliphatic carbocycles. The maximum absolute atomic E-state index is 12.1. The van der Waals surface area contributed by atoms with E-state index in [1.165, 1.54) is 18.4 Å². The molecule has 0 bridgehead atoms. The van der Waals surface area contributed by atoms with Crippen LogP contribution in [0.15, 0.2) is 48.5 Å². The van der Waals surface area contributed by atoms with E-state index in [1.807, 2.05) is 0 Å². The molecule has 164 valence electrons. The summed E-state index contributed by atoms with van der Waals surface area (Å²) >= 11 is 0. The van der Waals surface area contributed by atoms with Crippen LogP contribution in [-0.2, 0) is 31.4 Å². The Balaban J connectivity index is 1.92. The molecule has 11 heteroatoms. The Hall–Kier alpha value is -2.63. The molecule has 9 nitrogen and oxygen atoms in total. The van der Waals surface area contributed by atoms with Gasteiger partial charge in [-0.25, -0.2) is 21.1 Å². The van der Waals surface area contributed by atoms with Crippen LogP contribution in [0.2, 0.25) is 0 Å². The van der Waals surface area contributed by atoms with Crippen molar-refractivity contribution in [3.8, 4) is 5.75 Å². The Bertz CT molecular complexity index is 1100. The Morgan fingerprint density at radius 3 is 2.17 bits per heavy atom. The molecule has 0 aliphatic heterocycles. The summed E-state index contributed by atoms with van der Waals surface area (Å²) < 4.78 is 54.0. The molecule has 0 atom stereocenters. The van der Waals surface area contributed by atoms with Crippen molar-refractivity contribution in [3.05, 3.63) is 54.1 Å². The van der Waals surface area contributed by atoms with E-state index < -0.39 is 26.0 Å². The maximum atomic E-state index is 12.1. The van der Waals surface area contributed by atoms with E-state index in [-0.39, 0.29) is 13.2 Å². The largest absolute Gasteiger partial charge is 0.484 e. The van der Waals surface area contributed by atoms with Crippen molar-refractivity contribution in [3.63, 3.8) is 0 Å². The first-order valence-corrected chi connectivity index (χ1v) is 12.5. The van der Waals surface area contributed by atoms with Gasteiger partial charge in [0.25, 0.3) is 5.91 Å². The van der Waals surface area contributed by atoms with Crippen molar-refractivity contribution >= 4 is 37.3 Å². The van der Waals surface area contributed by atoms with Crippen LogP contribution in [0, 0.1) is 0 Å². The molecule has 0 aromatic heterocycles. The number of hydrogen-bond acceptors (Lipinski definition) is 6. The van der Waals surface area contributed by atoms with E-state index in [1.54, 1.807) is 48.5 Å². The summed E-state index contributed by atoms with van der Waals surface area (Å²) in [6, 6.07) is 13.2. The summed E-state index contributed by atoms with van der Waals surface area (Å²) in [6.07, 6.45) is 2.23. The molecule has 0 spiro atoms. The van der Waals surface area contributed by atoms with Crippen molar-refractivity contribution < 1.29 is 26.4 Å². The Labute approximate surface area is 177 Å². The highest BCUT2D eigenvalue weighted by atomic mass is 32.2. The zero-order chi connectivity index (χ0) is 22.5. The van der Waals surface area contributed by atoms with Gasteiger partial charge in [-0.1, -0.05) is 18.2 Å². The number of ether oxygens (including phenoxy) is 1. The van der Waals surface area contributed by atoms with Crippen LogP contribution in [0.5, 0.6) is 5.75 Å². The lowest BCUT2D eigenvalue weighted by molar-refractivity contribution is -0.118. The highest BCUT2D eigenvalue weighted by molar-refractivity contribution is 7.92. The van der Waals surface area contributed by atoms with E-state index in [0.29, 0.717) is 17.1 Å². The summed E-state index contributed by atoms with van der Waals surface area (Å²) in [5.41, 5.74) is 1.65. The van der Waals surface area contributed by atoms with Gasteiger partial charge in [-0.05, 0) is 35.9 Å². The Kier molecular flexibility index (Phi) is 7.45. The van der Waals surface area contributed by atoms with Crippen LogP contribution in [-0.4, -0.2) is 60.3 Å². The molecule has 2 aromatic rings. The lowest BCUT2D eigenvalue weighted by Crippen LogP contribution is -2.25. The Morgan fingerprint density at radius 2 is 1.60 bits per heavy atom. The predicted octanol–water partition coefficient (Wildman–Crippen LogP) is 1.49. The minimum Gasteiger partial charge on any atom is -0.484 e. The van der Waals surface area contributed by atoms with E-state index in [4.69, 9.17) is 4.74 Å². The molecule has 1 N–H and O–H groups in total. The summed E-state index contributed by atoms with van der Waals surface area (Å²) in [5.74, 6) is 0.0523. The monoisotopic (exact) mass is 455 g/mol. The van der Waals surface area contributed by atoms with Crippen molar-refractivity contribution in [1.29, 1.82) is 0 Å². The average Bonchev–Trinajstić information content (AvgIpc) is 2.65. The van der Waals surface area contributed by atoms with E-state index in [9.17, 15) is 21.6 Å². The molecular formula is C19H25N3O6S2. The number of amides is 1. The SMILES string of the molecule is CN(Cc1ccc(OCC(=O)Nc2cccc(N(C)S(C)(=O)=O)c2)cc1)S(C)(=O)=O. The Morgan fingerprint density at radius 1 is 0.967 bits per heavy atom. The minimum atomic E-state index is -3.41. The second-order valence-corrected chi connectivity index (χ2v) is 10.9. The number of nitrogens with zero attached hydrogens (tertiary/aromatic N) is 2. The van der Waals surface area contributed by atoms with Gasteiger partial charge in [0, 0.05) is 26.3 Å². The maximum Gasteiger partial charge on any atom is 0.262 e. The third kappa shape index (κ3) is 7.01. The summed E-state index contributed by atoms with van der Waals surface area (Å²) in [7, 11) is -3.75. The van der Waals surface area contributed by atoms with Crippen LogP contribution >= 0.6 is 0 Å². The van der Waals surface area contributed by atoms with Gasteiger partial charge in [0.05, 0.1) is 18.2 Å². The molecule has 0 heterocycles. The molecule has 0 unspecified atom stereocenters. The van der Waals surface area contributed by atoms with E-state index in [2.05, 4.69) is 5.32 Å². The number of carbonyl (C=O) groups excluding carboxylic acids is 1. The third-order valence-electron chi connectivity index (χ3n) is 4.26. The van der Waals surface area contributed by atoms with Crippen molar-refractivity contribution in [2.75, 3.05) is 42.8 Å². The third-order valence-corrected chi connectivity index (χ3v) is 6.72. The zero-order valence-corrected chi connectivity index (χ0v) is 18.8. The molecule has 2 aromatic carbocycles. The molecule has 0 saturated carbocycles. The smallest absolute Gasteiger partial charge is 0.262 e. The van der Waals surface area contributed by atoms with E-state index >= 15 is 0 Å². The standard InChI is InChI=1S/C19H25N3O6S2/c1-21(29(3,24)25)13-15-8-10-18(11-9-15)28-14-19(23)20-16-6-5-7-17(12-16)22(2)30(4,26)27/h5-12H,13-14H2,1-4H3,(H,20,23). The highest BCUT2D eigenvalue weighted by Gasteiger charge is 2.13. The van der Waals surface area contributed by atoms with E-state index in [0.717, 1.165) is 22.4 Å². The van der Waals surface area contributed by atoms with Gasteiger partial charge in [-0.2, -0.15) is 0 Å². The normalized spacial score (nSPS) is 11.9. The van der Waals surface area contributed by atoms with Crippen molar-refractivity contribution in [2.24, 2.45) is 0 Å². The van der Waals surface area contributed by atoms with Crippen LogP contribution in [0.25, 0.3) is 0 Å². The lowest BCUT2D eigenvalue weighted by atomic mass is 10.2. The van der Waals surface area contributed by atoms with Gasteiger partial charge < -0.3 is 10.1 Å². The van der Waals surface area contributed by atoms with Gasteiger partial charge in [0.2, 0.25) is 20.0 Å². The van der Waals surface area contributed by atoms with Gasteiger partial charge >= 0.3 is 0 Å². The number of nitrogens with one attached hydrogen (secondary N) is 1. The molecule has 0 fully saturated rings. The fourth-order valence-corrected chi connectivity index (χ4v) is 3.26. The second-order valence-electron chi connectivity index (χ2n) is 6.78. The number of rotatable bonds is 9. The van der Waals surface area contributed by atoms with Gasteiger partial charge in [0.15, 0.2) is 6.61 Å². The molecule has 30 heavy (non-hydrogen) atoms. The minimum absolute atomic E-state index is 0.234. The first-order chi connectivity index (χ1) is 13.9. The van der Waals surface area contributed by atoms with Crippen molar-refractivity contribution in [2.45, 2.75) is 6.54 Å². The van der Waals surface area contributed by atoms with Crippen LogP contribution in [0.4, 0.5) is 11.4 Å². The fraction of sp³-hybridized carbons (Fsp3) is 0.316. The van der Waals surface area contributed by atoms with Crippen LogP contribution in [0.1, 0.15) is 5.56 Å². The molecule has 2 rings (SSSR count). The molecule has 0 saturated heterocycles. The quantitative estimate of drug-likeness (QED) is 0.613. The highest BCUT2D eigenvalue weighted by Crippen LogP contribution is 2.20. The lowest BCUT2D eigenvalue weighted by Gasteiger charge is -2.17.